The predicted molar refractivity (Wildman–Crippen MR) is 280 cm³/mol. The fourth-order valence-corrected chi connectivity index (χ4v) is 9.72. The van der Waals surface area contributed by atoms with E-state index in [9.17, 15) is 28.8 Å². The highest BCUT2D eigenvalue weighted by Crippen LogP contribution is 2.44. The third kappa shape index (κ3) is 14.8. The molecule has 15 nitrogen and oxygen atoms in total. The molecule has 390 valence electrons. The van der Waals surface area contributed by atoms with E-state index < -0.39 is 53.2 Å². The number of carbonyl (C=O) groups is 6. The Morgan fingerprint density at radius 3 is 2.10 bits per heavy atom. The molecule has 1 aliphatic heterocycles. The van der Waals surface area contributed by atoms with Crippen molar-refractivity contribution < 1.29 is 47.7 Å². The normalized spacial score (nSPS) is 16.2. The van der Waals surface area contributed by atoms with Crippen molar-refractivity contribution in [2.24, 2.45) is 0 Å². The van der Waals surface area contributed by atoms with Gasteiger partial charge in [0.15, 0.2) is 0 Å². The van der Waals surface area contributed by atoms with Gasteiger partial charge in [0.05, 0.1) is 32.3 Å². The van der Waals surface area contributed by atoms with Crippen LogP contribution in [0.5, 0.6) is 5.75 Å². The number of hydrogen-bond donors (Lipinski definition) is 3. The molecule has 2 aliphatic rings. The fourth-order valence-electron chi connectivity index (χ4n) is 9.72. The molecule has 5 amide bonds. The lowest BCUT2D eigenvalue weighted by Gasteiger charge is -2.37. The van der Waals surface area contributed by atoms with Gasteiger partial charge in [-0.25, -0.2) is 4.79 Å². The third-order valence-electron chi connectivity index (χ3n) is 13.6. The van der Waals surface area contributed by atoms with Gasteiger partial charge in [0.25, 0.3) is 0 Å². The van der Waals surface area contributed by atoms with Crippen LogP contribution in [-0.2, 0) is 57.6 Å². The second kappa shape index (κ2) is 25.6. The maximum absolute atomic E-state index is 14.9. The van der Waals surface area contributed by atoms with Gasteiger partial charge >= 0.3 is 12.1 Å². The Labute approximate surface area is 430 Å². The van der Waals surface area contributed by atoms with Crippen molar-refractivity contribution in [1.29, 1.82) is 0 Å². The van der Waals surface area contributed by atoms with E-state index in [1.165, 1.54) is 7.11 Å². The number of fused-ring (bicyclic) bond motifs is 3. The first-order valence-corrected chi connectivity index (χ1v) is 25.3. The summed E-state index contributed by atoms with van der Waals surface area (Å²) >= 11 is 0. The molecular formula is C58H73N5O10. The molecule has 0 aromatic heterocycles. The molecule has 6 rings (SSSR count). The largest absolute Gasteiger partial charge is 0.497 e. The molecule has 1 saturated heterocycles. The van der Waals surface area contributed by atoms with Gasteiger partial charge in [-0.3, -0.25) is 24.0 Å². The van der Waals surface area contributed by atoms with Gasteiger partial charge in [0, 0.05) is 44.9 Å². The number of rotatable bonds is 24. The highest BCUT2D eigenvalue weighted by Gasteiger charge is 2.48. The number of benzene rings is 4. The lowest BCUT2D eigenvalue weighted by Crippen LogP contribution is -2.62. The Bertz CT molecular complexity index is 2510. The Morgan fingerprint density at radius 1 is 0.849 bits per heavy atom. The molecule has 1 aliphatic carbocycles. The molecule has 1 fully saturated rings. The number of nitrogens with zero attached hydrogens (tertiary/aromatic N) is 2. The highest BCUT2D eigenvalue weighted by molar-refractivity contribution is 5.96. The monoisotopic (exact) mass is 1000 g/mol. The first-order valence-electron chi connectivity index (χ1n) is 25.3. The Balaban J connectivity index is 1.13. The number of alkyl carbamates (subject to hydrolysis) is 1. The number of ether oxygens (including phenoxy) is 4. The van der Waals surface area contributed by atoms with Crippen molar-refractivity contribution >= 4 is 35.7 Å². The quantitative estimate of drug-likeness (QED) is 0.0356. The first-order chi connectivity index (χ1) is 34.9. The SMILES string of the molecule is C=CCCCN(Cc1ccc(CCNC(=O)[C@]2(C)CCCN2C(=O)[C@H](Cc2ccc(OC)cc2)NC(=O)[C@@H](NC(=O)OCC2c3ccccc3-c3ccccc32)[C@@H](C)OC(C)(C)C)cc1)C(=O)CCC(=O)OC. The zero-order valence-corrected chi connectivity index (χ0v) is 43.5. The standard InChI is InChI=1S/C58H73N5O10/c1-9-10-15-34-62(50(64)29-30-51(65)71-8)37-42-23-21-40(22-24-42)31-33-59-55(68)58(6)32-16-35-63(58)54(67)49(36-41-25-27-43(70-7)28-26-41)60-53(66)52(39(2)73-57(3,4)5)61-56(69)72-38-48-46-19-13-11-17-44(46)45-18-12-14-20-47(45)48/h9,11-14,17-28,39,48-49,52H,1,10,15-16,29-38H2,2-8H3,(H,59,68)(H,60,66)(H,61,69)/t39-,49+,52+,58+/m1/s1. The predicted octanol–water partition coefficient (Wildman–Crippen LogP) is 7.82. The highest BCUT2D eigenvalue weighted by atomic mass is 16.6. The summed E-state index contributed by atoms with van der Waals surface area (Å²) in [6, 6.07) is 28.7. The average Bonchev–Trinajstić information content (AvgIpc) is 3.93. The van der Waals surface area contributed by atoms with Crippen LogP contribution in [0.2, 0.25) is 0 Å². The molecule has 3 N–H and O–H groups in total. The smallest absolute Gasteiger partial charge is 0.407 e. The molecule has 4 aromatic carbocycles. The second-order valence-corrected chi connectivity index (χ2v) is 20.0. The van der Waals surface area contributed by atoms with Crippen molar-refractivity contribution in [3.8, 4) is 16.9 Å². The topological polar surface area (TPSA) is 182 Å². The minimum Gasteiger partial charge on any atom is -0.497 e. The number of carbonyl (C=O) groups excluding carboxylic acids is 6. The number of methoxy groups -OCH3 is 2. The Hall–Kier alpha value is -7.00. The van der Waals surface area contributed by atoms with Crippen molar-refractivity contribution in [3.05, 3.63) is 138 Å². The van der Waals surface area contributed by atoms with Crippen LogP contribution in [0.1, 0.15) is 107 Å². The van der Waals surface area contributed by atoms with Gasteiger partial charge in [-0.05, 0) is 118 Å². The van der Waals surface area contributed by atoms with Crippen molar-refractivity contribution in [2.75, 3.05) is 40.5 Å². The minimum absolute atomic E-state index is 0.0163. The van der Waals surface area contributed by atoms with E-state index in [0.29, 0.717) is 51.2 Å². The molecule has 0 unspecified atom stereocenters. The van der Waals surface area contributed by atoms with E-state index in [-0.39, 0.29) is 43.6 Å². The number of allylic oxidation sites excluding steroid dienone is 1. The number of hydrogen-bond acceptors (Lipinski definition) is 10. The lowest BCUT2D eigenvalue weighted by atomic mass is 9.95. The van der Waals surface area contributed by atoms with Crippen LogP contribution >= 0.6 is 0 Å². The van der Waals surface area contributed by atoms with Gasteiger partial charge < -0.3 is 44.7 Å². The van der Waals surface area contributed by atoms with Crippen LogP contribution in [0.3, 0.4) is 0 Å². The number of likely N-dealkylation sites (tertiary alicyclic amines) is 1. The van der Waals surface area contributed by atoms with Crippen LogP contribution in [0.25, 0.3) is 11.1 Å². The van der Waals surface area contributed by atoms with E-state index in [0.717, 1.165) is 51.8 Å². The molecule has 15 heteroatoms. The second-order valence-electron chi connectivity index (χ2n) is 20.0. The number of unbranched alkanes of at least 4 members (excludes halogenated alkanes) is 1. The third-order valence-corrected chi connectivity index (χ3v) is 13.6. The maximum atomic E-state index is 14.9. The van der Waals surface area contributed by atoms with Crippen LogP contribution in [-0.4, -0.2) is 115 Å². The van der Waals surface area contributed by atoms with Crippen LogP contribution < -0.4 is 20.7 Å². The van der Waals surface area contributed by atoms with Crippen LogP contribution in [0.15, 0.2) is 110 Å². The zero-order chi connectivity index (χ0) is 52.7. The molecule has 0 saturated carbocycles. The summed E-state index contributed by atoms with van der Waals surface area (Å²) in [5.74, 6) is -1.55. The van der Waals surface area contributed by atoms with Crippen molar-refractivity contribution in [2.45, 2.75) is 128 Å². The number of nitrogens with one attached hydrogen (secondary N) is 3. The average molecular weight is 1000 g/mol. The summed E-state index contributed by atoms with van der Waals surface area (Å²) in [6.45, 7) is 14.3. The molecule has 0 bridgehead atoms. The maximum Gasteiger partial charge on any atom is 0.407 e. The van der Waals surface area contributed by atoms with Gasteiger partial charge in [0.1, 0.15) is 30.0 Å². The van der Waals surface area contributed by atoms with E-state index in [2.05, 4.69) is 34.7 Å². The molecule has 73 heavy (non-hydrogen) atoms. The van der Waals surface area contributed by atoms with Gasteiger partial charge in [-0.1, -0.05) is 91.0 Å². The van der Waals surface area contributed by atoms with Crippen molar-refractivity contribution in [1.82, 2.24) is 25.8 Å². The molecular weight excluding hydrogens is 927 g/mol. The molecule has 1 heterocycles. The fraction of sp³-hybridized carbons (Fsp3) is 0.448. The summed E-state index contributed by atoms with van der Waals surface area (Å²) in [7, 11) is 2.87. The van der Waals surface area contributed by atoms with Crippen LogP contribution in [0.4, 0.5) is 4.79 Å². The molecule has 0 radical (unpaired) electrons. The van der Waals surface area contributed by atoms with E-state index in [1.54, 1.807) is 42.9 Å². The minimum atomic E-state index is -1.27. The first kappa shape index (κ1) is 55.3. The Morgan fingerprint density at radius 2 is 1.48 bits per heavy atom. The van der Waals surface area contributed by atoms with Gasteiger partial charge in [0.2, 0.25) is 23.6 Å². The van der Waals surface area contributed by atoms with E-state index in [1.807, 2.05) is 99.6 Å². The summed E-state index contributed by atoms with van der Waals surface area (Å²) < 4.78 is 22.2. The number of esters is 1. The number of amides is 5. The summed E-state index contributed by atoms with van der Waals surface area (Å²) in [5.41, 5.74) is 4.97. The van der Waals surface area contributed by atoms with Gasteiger partial charge in [-0.15, -0.1) is 6.58 Å². The van der Waals surface area contributed by atoms with E-state index in [4.69, 9.17) is 18.9 Å². The van der Waals surface area contributed by atoms with Crippen LogP contribution in [0, 0.1) is 0 Å². The molecule has 4 atom stereocenters. The Kier molecular flexibility index (Phi) is 19.4. The molecule has 4 aromatic rings. The summed E-state index contributed by atoms with van der Waals surface area (Å²) in [6.07, 6.45) is 3.31. The summed E-state index contributed by atoms with van der Waals surface area (Å²) in [5, 5.41) is 8.81. The molecule has 0 spiro atoms. The van der Waals surface area contributed by atoms with Crippen molar-refractivity contribution in [3.63, 3.8) is 0 Å². The lowest BCUT2D eigenvalue weighted by molar-refractivity contribution is -0.147. The summed E-state index contributed by atoms with van der Waals surface area (Å²) in [4.78, 5) is 85.6. The zero-order valence-electron chi connectivity index (χ0n) is 43.5. The van der Waals surface area contributed by atoms with Gasteiger partial charge in [-0.2, -0.15) is 0 Å². The van der Waals surface area contributed by atoms with E-state index >= 15 is 0 Å².